The third-order valence-electron chi connectivity index (χ3n) is 2.93. The quantitative estimate of drug-likeness (QED) is 0.774. The summed E-state index contributed by atoms with van der Waals surface area (Å²) in [5.41, 5.74) is 2.97. The van der Waals surface area contributed by atoms with E-state index in [9.17, 15) is 4.79 Å². The minimum Gasteiger partial charge on any atom is -0.293 e. The molecule has 0 bridgehead atoms. The predicted octanol–water partition coefficient (Wildman–Crippen LogP) is 3.03. The fourth-order valence-corrected chi connectivity index (χ4v) is 3.06. The van der Waals surface area contributed by atoms with E-state index < -0.39 is 0 Å². The van der Waals surface area contributed by atoms with Gasteiger partial charge in [0.2, 0.25) is 0 Å². The number of nitrogens with zero attached hydrogens (tertiary/aromatic N) is 2. The minimum atomic E-state index is 0.245. The molecule has 0 atom stereocenters. The van der Waals surface area contributed by atoms with Gasteiger partial charge in [0.05, 0.1) is 10.6 Å². The van der Waals surface area contributed by atoms with Crippen molar-refractivity contribution in [2.45, 2.75) is 26.2 Å². The molecule has 0 unspecified atom stereocenters. The van der Waals surface area contributed by atoms with E-state index in [2.05, 4.69) is 9.97 Å². The number of pyridine rings is 1. The summed E-state index contributed by atoms with van der Waals surface area (Å²) in [5.74, 6) is 0.245. The number of Topliss-reactive ketones (excluding diaryl/α,β-unsaturated/α-hetero) is 1. The number of ketones is 1. The van der Waals surface area contributed by atoms with E-state index in [1.807, 2.05) is 25.3 Å². The van der Waals surface area contributed by atoms with Crippen molar-refractivity contribution in [2.75, 3.05) is 0 Å². The number of fused-ring (bicyclic) bond motifs is 1. The van der Waals surface area contributed by atoms with Crippen molar-refractivity contribution < 1.29 is 4.79 Å². The van der Waals surface area contributed by atoms with E-state index in [0.717, 1.165) is 39.7 Å². The van der Waals surface area contributed by atoms with Crippen LogP contribution < -0.4 is 0 Å². The van der Waals surface area contributed by atoms with E-state index in [0.29, 0.717) is 6.42 Å². The molecule has 0 spiro atoms. The normalized spacial score (nSPS) is 14.8. The zero-order valence-corrected chi connectivity index (χ0v) is 10.4. The van der Waals surface area contributed by atoms with Gasteiger partial charge in [0.15, 0.2) is 5.78 Å². The lowest BCUT2D eigenvalue weighted by atomic mass is 10.0. The summed E-state index contributed by atoms with van der Waals surface area (Å²) in [6.45, 7) is 1.96. The Bertz CT molecular complexity index is 572. The average molecular weight is 244 g/mol. The molecule has 0 saturated carbocycles. The molecule has 0 N–H and O–H groups in total. The Kier molecular flexibility index (Phi) is 2.52. The average Bonchev–Trinajstić information content (AvgIpc) is 2.75. The zero-order valence-electron chi connectivity index (χ0n) is 9.56. The van der Waals surface area contributed by atoms with Crippen LogP contribution in [0.25, 0.3) is 10.6 Å². The number of rotatable bonds is 1. The standard InChI is InChI=1S/C13H12N2OS/c1-8-5-6-9(7-14-8)13-15-10-3-2-4-11(16)12(10)17-13/h5-7H,2-4H2,1H3. The highest BCUT2D eigenvalue weighted by Crippen LogP contribution is 2.32. The van der Waals surface area contributed by atoms with Gasteiger partial charge >= 0.3 is 0 Å². The van der Waals surface area contributed by atoms with E-state index >= 15 is 0 Å². The van der Waals surface area contributed by atoms with Crippen LogP contribution in [0.1, 0.15) is 33.9 Å². The van der Waals surface area contributed by atoms with E-state index in [4.69, 9.17) is 0 Å². The molecule has 0 aliphatic heterocycles. The first-order chi connectivity index (χ1) is 8.24. The third-order valence-corrected chi connectivity index (χ3v) is 4.11. The number of thiazole rings is 1. The summed E-state index contributed by atoms with van der Waals surface area (Å²) in [5, 5.41) is 0.915. The third kappa shape index (κ3) is 1.89. The van der Waals surface area contributed by atoms with Gasteiger partial charge in [-0.2, -0.15) is 0 Å². The van der Waals surface area contributed by atoms with Crippen molar-refractivity contribution in [3.8, 4) is 10.6 Å². The molecule has 17 heavy (non-hydrogen) atoms. The Morgan fingerprint density at radius 2 is 2.18 bits per heavy atom. The van der Waals surface area contributed by atoms with Crippen molar-refractivity contribution in [3.63, 3.8) is 0 Å². The Morgan fingerprint density at radius 1 is 1.29 bits per heavy atom. The van der Waals surface area contributed by atoms with E-state index in [1.54, 1.807) is 0 Å². The Labute approximate surface area is 104 Å². The molecule has 1 aliphatic carbocycles. The number of hydrogen-bond donors (Lipinski definition) is 0. The van der Waals surface area contributed by atoms with Crippen molar-refractivity contribution in [3.05, 3.63) is 34.6 Å². The second-order valence-corrected chi connectivity index (χ2v) is 5.26. The van der Waals surface area contributed by atoms with Crippen molar-refractivity contribution in [2.24, 2.45) is 0 Å². The summed E-state index contributed by atoms with van der Waals surface area (Å²) in [6.07, 6.45) is 4.35. The molecular formula is C13H12N2OS. The van der Waals surface area contributed by atoms with Gasteiger partial charge in [-0.05, 0) is 31.9 Å². The summed E-state index contributed by atoms with van der Waals surface area (Å²) >= 11 is 1.50. The van der Waals surface area contributed by atoms with Crippen LogP contribution in [-0.4, -0.2) is 15.8 Å². The van der Waals surface area contributed by atoms with Gasteiger partial charge in [0.25, 0.3) is 0 Å². The summed E-state index contributed by atoms with van der Waals surface area (Å²) < 4.78 is 0. The maximum Gasteiger partial charge on any atom is 0.174 e. The highest BCUT2D eigenvalue weighted by atomic mass is 32.1. The fourth-order valence-electron chi connectivity index (χ4n) is 1.99. The summed E-state index contributed by atoms with van der Waals surface area (Å²) in [7, 11) is 0. The van der Waals surface area contributed by atoms with Crippen LogP contribution in [0, 0.1) is 6.92 Å². The molecule has 0 radical (unpaired) electrons. The SMILES string of the molecule is Cc1ccc(-c2nc3c(s2)C(=O)CCC3)cn1. The van der Waals surface area contributed by atoms with Crippen molar-refractivity contribution in [1.29, 1.82) is 0 Å². The van der Waals surface area contributed by atoms with Crippen LogP contribution in [-0.2, 0) is 6.42 Å². The Balaban J connectivity index is 2.05. The lowest BCUT2D eigenvalue weighted by Gasteiger charge is -2.06. The molecule has 4 heteroatoms. The molecule has 86 valence electrons. The Morgan fingerprint density at radius 3 is 2.88 bits per heavy atom. The van der Waals surface area contributed by atoms with Gasteiger partial charge in [-0.3, -0.25) is 9.78 Å². The molecule has 2 aromatic heterocycles. The van der Waals surface area contributed by atoms with Crippen LogP contribution in [0.15, 0.2) is 18.3 Å². The van der Waals surface area contributed by atoms with E-state index in [1.165, 1.54) is 11.3 Å². The van der Waals surface area contributed by atoms with Crippen molar-refractivity contribution >= 4 is 17.1 Å². The molecular weight excluding hydrogens is 232 g/mol. The number of hydrogen-bond acceptors (Lipinski definition) is 4. The smallest absolute Gasteiger partial charge is 0.174 e. The fraction of sp³-hybridized carbons (Fsp3) is 0.308. The number of aromatic nitrogens is 2. The monoisotopic (exact) mass is 244 g/mol. The second kappa shape index (κ2) is 4.04. The van der Waals surface area contributed by atoms with Crippen molar-refractivity contribution in [1.82, 2.24) is 9.97 Å². The topological polar surface area (TPSA) is 42.9 Å². The predicted molar refractivity (Wildman–Crippen MR) is 67.4 cm³/mol. The van der Waals surface area contributed by atoms with Crippen LogP contribution in [0.4, 0.5) is 0 Å². The number of carbonyl (C=O) groups excluding carboxylic acids is 1. The zero-order chi connectivity index (χ0) is 11.8. The summed E-state index contributed by atoms with van der Waals surface area (Å²) in [4.78, 5) is 21.4. The first-order valence-corrected chi connectivity index (χ1v) is 6.51. The van der Waals surface area contributed by atoms with Crippen LogP contribution >= 0.6 is 11.3 Å². The summed E-state index contributed by atoms with van der Waals surface area (Å²) in [6, 6.07) is 3.98. The molecule has 0 saturated heterocycles. The first kappa shape index (κ1) is 10.6. The van der Waals surface area contributed by atoms with Gasteiger partial charge in [-0.25, -0.2) is 4.98 Å². The van der Waals surface area contributed by atoms with Gasteiger partial charge in [0.1, 0.15) is 5.01 Å². The van der Waals surface area contributed by atoms with Gasteiger partial charge in [-0.1, -0.05) is 0 Å². The molecule has 3 nitrogen and oxygen atoms in total. The van der Waals surface area contributed by atoms with Crippen LogP contribution in [0.3, 0.4) is 0 Å². The number of aryl methyl sites for hydroxylation is 2. The first-order valence-electron chi connectivity index (χ1n) is 5.70. The molecule has 2 aromatic rings. The van der Waals surface area contributed by atoms with Gasteiger partial charge < -0.3 is 0 Å². The molecule has 2 heterocycles. The van der Waals surface area contributed by atoms with Crippen LogP contribution in [0.2, 0.25) is 0 Å². The molecule has 1 aliphatic rings. The minimum absolute atomic E-state index is 0.245. The molecule has 0 amide bonds. The largest absolute Gasteiger partial charge is 0.293 e. The van der Waals surface area contributed by atoms with Gasteiger partial charge in [0, 0.05) is 23.9 Å². The molecule has 0 aromatic carbocycles. The lowest BCUT2D eigenvalue weighted by molar-refractivity contribution is 0.0976. The molecule has 0 fully saturated rings. The lowest BCUT2D eigenvalue weighted by Crippen LogP contribution is -2.07. The maximum atomic E-state index is 11.7. The van der Waals surface area contributed by atoms with Gasteiger partial charge in [-0.15, -0.1) is 11.3 Å². The highest BCUT2D eigenvalue weighted by molar-refractivity contribution is 7.17. The highest BCUT2D eigenvalue weighted by Gasteiger charge is 2.22. The van der Waals surface area contributed by atoms with E-state index in [-0.39, 0.29) is 5.78 Å². The Hall–Kier alpha value is -1.55. The number of carbonyl (C=O) groups is 1. The molecule has 3 rings (SSSR count). The maximum absolute atomic E-state index is 11.7. The van der Waals surface area contributed by atoms with Crippen LogP contribution in [0.5, 0.6) is 0 Å². The second-order valence-electron chi connectivity index (χ2n) is 4.26.